The highest BCUT2D eigenvalue weighted by atomic mass is 35.5. The number of nitrogens with one attached hydrogen (secondary N) is 2. The SMILES string of the molecule is CC(=O)Nc1cccc(CNC(=O)N(C)C(C)c2ccccc2Cl)c1. The van der Waals surface area contributed by atoms with E-state index >= 15 is 0 Å². The summed E-state index contributed by atoms with van der Waals surface area (Å²) in [6.45, 7) is 3.75. The Labute approximate surface area is 153 Å². The van der Waals surface area contributed by atoms with E-state index in [0.29, 0.717) is 17.3 Å². The van der Waals surface area contributed by atoms with Gasteiger partial charge in [-0.1, -0.05) is 41.9 Å². The first-order valence-corrected chi connectivity index (χ1v) is 8.38. The number of carbonyl (C=O) groups excluding carboxylic acids is 2. The van der Waals surface area contributed by atoms with Crippen molar-refractivity contribution in [2.24, 2.45) is 0 Å². The van der Waals surface area contributed by atoms with Crippen LogP contribution in [0.25, 0.3) is 0 Å². The van der Waals surface area contributed by atoms with Crippen LogP contribution in [0.4, 0.5) is 10.5 Å². The largest absolute Gasteiger partial charge is 0.334 e. The standard InChI is InChI=1S/C19H22ClN3O2/c1-13(17-9-4-5-10-18(17)20)23(3)19(25)21-12-15-7-6-8-16(11-15)22-14(2)24/h4-11,13H,12H2,1-3H3,(H,21,25)(H,22,24). The van der Waals surface area contributed by atoms with Crippen LogP contribution in [0.2, 0.25) is 5.02 Å². The van der Waals surface area contributed by atoms with Crippen LogP contribution in [-0.4, -0.2) is 23.9 Å². The summed E-state index contributed by atoms with van der Waals surface area (Å²) in [6.07, 6.45) is 0. The lowest BCUT2D eigenvalue weighted by Gasteiger charge is -2.26. The van der Waals surface area contributed by atoms with Crippen molar-refractivity contribution in [1.29, 1.82) is 0 Å². The van der Waals surface area contributed by atoms with Gasteiger partial charge in [0.2, 0.25) is 5.91 Å². The van der Waals surface area contributed by atoms with Crippen LogP contribution >= 0.6 is 11.6 Å². The Morgan fingerprint density at radius 2 is 1.88 bits per heavy atom. The normalized spacial score (nSPS) is 11.5. The van der Waals surface area contributed by atoms with Crippen molar-refractivity contribution in [2.45, 2.75) is 26.4 Å². The number of carbonyl (C=O) groups is 2. The molecule has 0 aliphatic carbocycles. The van der Waals surface area contributed by atoms with Gasteiger partial charge < -0.3 is 15.5 Å². The lowest BCUT2D eigenvalue weighted by Crippen LogP contribution is -2.38. The fourth-order valence-electron chi connectivity index (χ4n) is 2.46. The van der Waals surface area contributed by atoms with Crippen molar-refractivity contribution in [3.63, 3.8) is 0 Å². The number of anilines is 1. The van der Waals surface area contributed by atoms with Crippen LogP contribution in [0.5, 0.6) is 0 Å². The summed E-state index contributed by atoms with van der Waals surface area (Å²) in [7, 11) is 1.73. The molecule has 0 saturated carbocycles. The highest BCUT2D eigenvalue weighted by Crippen LogP contribution is 2.26. The Morgan fingerprint density at radius 1 is 1.16 bits per heavy atom. The maximum atomic E-state index is 12.4. The first kappa shape index (κ1) is 18.8. The van der Waals surface area contributed by atoms with E-state index in [1.54, 1.807) is 18.0 Å². The highest BCUT2D eigenvalue weighted by molar-refractivity contribution is 6.31. The van der Waals surface area contributed by atoms with Crippen molar-refractivity contribution < 1.29 is 9.59 Å². The number of hydrogen-bond acceptors (Lipinski definition) is 2. The van der Waals surface area contributed by atoms with Crippen LogP contribution < -0.4 is 10.6 Å². The van der Waals surface area contributed by atoms with Gasteiger partial charge in [0.25, 0.3) is 0 Å². The molecule has 1 unspecified atom stereocenters. The van der Waals surface area contributed by atoms with Gasteiger partial charge in [0.05, 0.1) is 6.04 Å². The molecule has 132 valence electrons. The molecule has 5 nitrogen and oxygen atoms in total. The minimum atomic E-state index is -0.197. The van der Waals surface area contributed by atoms with Crippen LogP contribution in [-0.2, 0) is 11.3 Å². The minimum Gasteiger partial charge on any atom is -0.334 e. The van der Waals surface area contributed by atoms with Gasteiger partial charge in [-0.3, -0.25) is 4.79 Å². The molecular formula is C19H22ClN3O2. The second kappa shape index (κ2) is 8.53. The van der Waals surface area contributed by atoms with Crippen LogP contribution in [0.3, 0.4) is 0 Å². The third-order valence-corrected chi connectivity index (χ3v) is 4.29. The van der Waals surface area contributed by atoms with Crippen molar-refractivity contribution in [1.82, 2.24) is 10.2 Å². The molecule has 0 bridgehead atoms. The predicted octanol–water partition coefficient (Wildman–Crippen LogP) is 4.20. The van der Waals surface area contributed by atoms with Gasteiger partial charge >= 0.3 is 6.03 Å². The number of halogens is 1. The van der Waals surface area contributed by atoms with Crippen LogP contribution in [0.15, 0.2) is 48.5 Å². The van der Waals surface area contributed by atoms with Gasteiger partial charge in [0.15, 0.2) is 0 Å². The van der Waals surface area contributed by atoms with Crippen LogP contribution in [0.1, 0.15) is 31.0 Å². The summed E-state index contributed by atoms with van der Waals surface area (Å²) < 4.78 is 0. The van der Waals surface area contributed by atoms with E-state index in [4.69, 9.17) is 11.6 Å². The first-order chi connectivity index (χ1) is 11.9. The molecular weight excluding hydrogens is 338 g/mol. The molecule has 3 amide bonds. The zero-order valence-electron chi connectivity index (χ0n) is 14.5. The minimum absolute atomic E-state index is 0.130. The fourth-order valence-corrected chi connectivity index (χ4v) is 2.76. The summed E-state index contributed by atoms with van der Waals surface area (Å²) in [5.41, 5.74) is 2.50. The molecule has 0 radical (unpaired) electrons. The van der Waals surface area contributed by atoms with Gasteiger partial charge in [-0.25, -0.2) is 4.79 Å². The average Bonchev–Trinajstić information content (AvgIpc) is 2.58. The Hall–Kier alpha value is -2.53. The summed E-state index contributed by atoms with van der Waals surface area (Å²) in [5, 5.41) is 6.24. The summed E-state index contributed by atoms with van der Waals surface area (Å²) in [4.78, 5) is 25.1. The molecule has 2 aromatic carbocycles. The third kappa shape index (κ3) is 5.22. The first-order valence-electron chi connectivity index (χ1n) is 8.00. The van der Waals surface area contributed by atoms with E-state index in [1.165, 1.54) is 6.92 Å². The van der Waals surface area contributed by atoms with E-state index in [9.17, 15) is 9.59 Å². The average molecular weight is 360 g/mol. The van der Waals surface area contributed by atoms with Gasteiger partial charge in [0, 0.05) is 31.2 Å². The fraction of sp³-hybridized carbons (Fsp3) is 0.263. The summed E-state index contributed by atoms with van der Waals surface area (Å²) >= 11 is 6.21. The molecule has 0 saturated heterocycles. The van der Waals surface area contributed by atoms with Gasteiger partial charge in [0.1, 0.15) is 0 Å². The summed E-state index contributed by atoms with van der Waals surface area (Å²) in [5.74, 6) is -0.130. The molecule has 25 heavy (non-hydrogen) atoms. The number of benzene rings is 2. The number of hydrogen-bond donors (Lipinski definition) is 2. The molecule has 6 heteroatoms. The molecule has 0 spiro atoms. The van der Waals surface area contributed by atoms with Gasteiger partial charge in [-0.2, -0.15) is 0 Å². The Balaban J connectivity index is 1.98. The van der Waals surface area contributed by atoms with E-state index in [0.717, 1.165) is 11.1 Å². The smallest absolute Gasteiger partial charge is 0.317 e. The molecule has 0 aliphatic heterocycles. The Kier molecular flexibility index (Phi) is 6.42. The van der Waals surface area contributed by atoms with Crippen molar-refractivity contribution in [3.05, 3.63) is 64.7 Å². The van der Waals surface area contributed by atoms with E-state index in [1.807, 2.05) is 49.4 Å². The van der Waals surface area contributed by atoms with E-state index < -0.39 is 0 Å². The monoisotopic (exact) mass is 359 g/mol. The van der Waals surface area contributed by atoms with Crippen LogP contribution in [0, 0.1) is 0 Å². The van der Waals surface area contributed by atoms with Gasteiger partial charge in [-0.05, 0) is 36.2 Å². The molecule has 2 aromatic rings. The number of urea groups is 1. The lowest BCUT2D eigenvalue weighted by molar-refractivity contribution is -0.114. The zero-order chi connectivity index (χ0) is 18.4. The van der Waals surface area contributed by atoms with E-state index in [-0.39, 0.29) is 18.0 Å². The maximum absolute atomic E-state index is 12.4. The molecule has 0 heterocycles. The zero-order valence-corrected chi connectivity index (χ0v) is 15.3. The van der Waals surface area contributed by atoms with Crippen molar-refractivity contribution in [3.8, 4) is 0 Å². The highest BCUT2D eigenvalue weighted by Gasteiger charge is 2.18. The second-order valence-electron chi connectivity index (χ2n) is 5.85. The second-order valence-corrected chi connectivity index (χ2v) is 6.26. The number of amides is 3. The Morgan fingerprint density at radius 3 is 2.56 bits per heavy atom. The number of rotatable bonds is 5. The topological polar surface area (TPSA) is 61.4 Å². The molecule has 1 atom stereocenters. The predicted molar refractivity (Wildman–Crippen MR) is 101 cm³/mol. The molecule has 0 fully saturated rings. The molecule has 0 aromatic heterocycles. The maximum Gasteiger partial charge on any atom is 0.317 e. The number of nitrogens with zero attached hydrogens (tertiary/aromatic N) is 1. The lowest BCUT2D eigenvalue weighted by atomic mass is 10.1. The van der Waals surface area contributed by atoms with E-state index in [2.05, 4.69) is 10.6 Å². The Bertz CT molecular complexity index is 764. The molecule has 0 aliphatic rings. The third-order valence-electron chi connectivity index (χ3n) is 3.95. The molecule has 2 rings (SSSR count). The summed E-state index contributed by atoms with van der Waals surface area (Å²) in [6, 6.07) is 14.5. The van der Waals surface area contributed by atoms with Gasteiger partial charge in [-0.15, -0.1) is 0 Å². The molecule has 2 N–H and O–H groups in total. The quantitative estimate of drug-likeness (QED) is 0.840. The van der Waals surface area contributed by atoms with Crippen molar-refractivity contribution >= 4 is 29.2 Å². The van der Waals surface area contributed by atoms with Crippen molar-refractivity contribution in [2.75, 3.05) is 12.4 Å².